The Hall–Kier alpha value is -3.60. The van der Waals surface area contributed by atoms with Gasteiger partial charge in [-0.05, 0) is 55.2 Å². The SMILES string of the molecule is COc1ccc(Cl)cc1S(=O)(=O)N1CCC(C(=O)N2C[C@@H](C(=O)NCCc3ccccc3)Oc3ccccc32)CC1. The highest BCUT2D eigenvalue weighted by atomic mass is 35.5. The van der Waals surface area contributed by atoms with Crippen LogP contribution in [0.3, 0.4) is 0 Å². The first kappa shape index (κ1) is 28.9. The number of hydrogen-bond donors (Lipinski definition) is 1. The molecule has 5 rings (SSSR count). The van der Waals surface area contributed by atoms with Crippen LogP contribution in [0, 0.1) is 5.92 Å². The van der Waals surface area contributed by atoms with Crippen molar-refractivity contribution in [3.8, 4) is 11.5 Å². The van der Waals surface area contributed by atoms with E-state index in [1.54, 1.807) is 29.2 Å². The standard InChI is InChI=1S/C30H32ClN3O6S/c1-39-26-12-11-23(31)19-28(26)41(37,38)33-17-14-22(15-18-33)30(36)34-20-27(40-25-10-6-5-9-24(25)34)29(35)32-16-13-21-7-3-2-4-8-21/h2-12,19,22,27H,13-18,20H2,1H3,(H,32,35)/t27-/m0/s1. The third kappa shape index (κ3) is 6.34. The van der Waals surface area contributed by atoms with E-state index in [4.69, 9.17) is 21.1 Å². The zero-order chi connectivity index (χ0) is 29.0. The Morgan fingerprint density at radius 1 is 1.02 bits per heavy atom. The summed E-state index contributed by atoms with van der Waals surface area (Å²) in [6, 6.07) is 21.5. The first-order valence-corrected chi connectivity index (χ1v) is 15.3. The summed E-state index contributed by atoms with van der Waals surface area (Å²) >= 11 is 6.07. The van der Waals surface area contributed by atoms with Gasteiger partial charge in [0, 0.05) is 30.6 Å². The lowest BCUT2D eigenvalue weighted by Gasteiger charge is -2.38. The van der Waals surface area contributed by atoms with Crippen molar-refractivity contribution in [3.05, 3.63) is 83.4 Å². The fraction of sp³-hybridized carbons (Fsp3) is 0.333. The number of sulfonamides is 1. The van der Waals surface area contributed by atoms with Crippen LogP contribution in [0.15, 0.2) is 77.7 Å². The Labute approximate surface area is 245 Å². The van der Waals surface area contributed by atoms with Crippen LogP contribution in [0.4, 0.5) is 5.69 Å². The van der Waals surface area contributed by atoms with Crippen LogP contribution in [0.1, 0.15) is 18.4 Å². The lowest BCUT2D eigenvalue weighted by Crippen LogP contribution is -2.53. The molecule has 1 saturated heterocycles. The Morgan fingerprint density at radius 3 is 2.46 bits per heavy atom. The number of amides is 2. The minimum absolute atomic E-state index is 0.000465. The molecule has 0 saturated carbocycles. The highest BCUT2D eigenvalue weighted by Gasteiger charge is 2.39. The van der Waals surface area contributed by atoms with Gasteiger partial charge in [-0.3, -0.25) is 9.59 Å². The molecule has 2 heterocycles. The zero-order valence-corrected chi connectivity index (χ0v) is 24.2. The van der Waals surface area contributed by atoms with Crippen LogP contribution >= 0.6 is 11.6 Å². The number of nitrogens with zero attached hydrogens (tertiary/aromatic N) is 2. The van der Waals surface area contributed by atoms with Crippen molar-refractivity contribution >= 4 is 39.1 Å². The molecule has 0 spiro atoms. The van der Waals surface area contributed by atoms with E-state index < -0.39 is 22.0 Å². The molecule has 0 radical (unpaired) electrons. The number of halogens is 1. The molecule has 216 valence electrons. The Kier molecular flexibility index (Phi) is 8.82. The van der Waals surface area contributed by atoms with E-state index in [0.717, 1.165) is 5.56 Å². The first-order valence-electron chi connectivity index (χ1n) is 13.5. The van der Waals surface area contributed by atoms with Crippen molar-refractivity contribution in [1.29, 1.82) is 0 Å². The van der Waals surface area contributed by atoms with Crippen LogP contribution < -0.4 is 19.7 Å². The molecule has 2 amide bonds. The summed E-state index contributed by atoms with van der Waals surface area (Å²) in [4.78, 5) is 28.4. The van der Waals surface area contributed by atoms with Gasteiger partial charge in [-0.1, -0.05) is 54.1 Å². The molecule has 1 N–H and O–H groups in total. The number of para-hydroxylation sites is 2. The minimum atomic E-state index is -3.87. The van der Waals surface area contributed by atoms with Gasteiger partial charge >= 0.3 is 0 Å². The van der Waals surface area contributed by atoms with Gasteiger partial charge in [0.2, 0.25) is 15.9 Å². The second-order valence-electron chi connectivity index (χ2n) is 10.0. The van der Waals surface area contributed by atoms with E-state index in [1.165, 1.54) is 23.5 Å². The van der Waals surface area contributed by atoms with E-state index in [0.29, 0.717) is 42.3 Å². The normalized spacial score (nSPS) is 17.8. The number of methoxy groups -OCH3 is 1. The number of rotatable bonds is 8. The predicted octanol–water partition coefficient (Wildman–Crippen LogP) is 3.90. The van der Waals surface area contributed by atoms with Gasteiger partial charge in [0.1, 0.15) is 16.4 Å². The van der Waals surface area contributed by atoms with E-state index in [2.05, 4.69) is 5.32 Å². The predicted molar refractivity (Wildman–Crippen MR) is 156 cm³/mol. The highest BCUT2D eigenvalue weighted by molar-refractivity contribution is 7.89. The van der Waals surface area contributed by atoms with E-state index in [-0.39, 0.29) is 42.1 Å². The van der Waals surface area contributed by atoms with Crippen molar-refractivity contribution in [2.75, 3.05) is 38.2 Å². The average molecular weight is 598 g/mol. The van der Waals surface area contributed by atoms with Gasteiger partial charge in [-0.2, -0.15) is 4.31 Å². The number of benzene rings is 3. The second kappa shape index (κ2) is 12.5. The first-order chi connectivity index (χ1) is 19.8. The maximum absolute atomic E-state index is 13.8. The molecule has 9 nitrogen and oxygen atoms in total. The zero-order valence-electron chi connectivity index (χ0n) is 22.7. The molecule has 41 heavy (non-hydrogen) atoms. The van der Waals surface area contributed by atoms with Crippen LogP contribution in [0.2, 0.25) is 5.02 Å². The second-order valence-corrected chi connectivity index (χ2v) is 12.4. The number of hydrogen-bond acceptors (Lipinski definition) is 6. The molecule has 1 fully saturated rings. The topological polar surface area (TPSA) is 105 Å². The molecule has 0 aromatic heterocycles. The van der Waals surface area contributed by atoms with Crippen molar-refractivity contribution in [2.45, 2.75) is 30.3 Å². The Balaban J connectivity index is 1.25. The molecule has 3 aromatic carbocycles. The molecule has 0 aliphatic carbocycles. The molecule has 3 aromatic rings. The summed E-state index contributed by atoms with van der Waals surface area (Å²) < 4.78 is 39.4. The number of carbonyl (C=O) groups excluding carboxylic acids is 2. The molecule has 2 aliphatic heterocycles. The van der Waals surface area contributed by atoms with E-state index in [1.807, 2.05) is 36.4 Å². The van der Waals surface area contributed by atoms with Gasteiger partial charge in [0.05, 0.1) is 19.3 Å². The quantitative estimate of drug-likeness (QED) is 0.422. The summed E-state index contributed by atoms with van der Waals surface area (Å²) in [6.07, 6.45) is 0.504. The fourth-order valence-electron chi connectivity index (χ4n) is 5.22. The van der Waals surface area contributed by atoms with Crippen molar-refractivity contribution in [3.63, 3.8) is 0 Å². The summed E-state index contributed by atoms with van der Waals surface area (Å²) in [6.45, 7) is 0.863. The van der Waals surface area contributed by atoms with Crippen LogP contribution in [0.5, 0.6) is 11.5 Å². The monoisotopic (exact) mass is 597 g/mol. The van der Waals surface area contributed by atoms with Crippen LogP contribution in [-0.2, 0) is 26.0 Å². The summed E-state index contributed by atoms with van der Waals surface area (Å²) in [7, 11) is -2.47. The van der Waals surface area contributed by atoms with Gasteiger partial charge in [-0.25, -0.2) is 8.42 Å². The fourth-order valence-corrected chi connectivity index (χ4v) is 7.11. The summed E-state index contributed by atoms with van der Waals surface area (Å²) in [5, 5.41) is 3.22. The smallest absolute Gasteiger partial charge is 0.262 e. The van der Waals surface area contributed by atoms with Crippen LogP contribution in [-0.4, -0.2) is 63.9 Å². The third-order valence-corrected chi connectivity index (χ3v) is 9.59. The third-order valence-electron chi connectivity index (χ3n) is 7.43. The number of carbonyl (C=O) groups is 2. The molecule has 0 bridgehead atoms. The summed E-state index contributed by atoms with van der Waals surface area (Å²) in [5.41, 5.74) is 1.71. The number of anilines is 1. The molecular formula is C30H32ClN3O6S. The highest BCUT2D eigenvalue weighted by Crippen LogP contribution is 2.36. The number of ether oxygens (including phenoxy) is 2. The lowest BCUT2D eigenvalue weighted by atomic mass is 9.95. The molecule has 11 heteroatoms. The van der Waals surface area contributed by atoms with Gasteiger partial charge in [0.15, 0.2) is 6.10 Å². The number of fused-ring (bicyclic) bond motifs is 1. The van der Waals surface area contributed by atoms with Crippen molar-refractivity contribution in [2.24, 2.45) is 5.92 Å². The van der Waals surface area contributed by atoms with Crippen LogP contribution in [0.25, 0.3) is 0 Å². The molecular weight excluding hydrogens is 566 g/mol. The molecule has 0 unspecified atom stereocenters. The number of nitrogens with one attached hydrogen (secondary N) is 1. The summed E-state index contributed by atoms with van der Waals surface area (Å²) in [5.74, 6) is -0.172. The number of piperidine rings is 1. The largest absolute Gasteiger partial charge is 0.495 e. The molecule has 2 aliphatic rings. The minimum Gasteiger partial charge on any atom is -0.495 e. The van der Waals surface area contributed by atoms with Gasteiger partial charge < -0.3 is 19.7 Å². The van der Waals surface area contributed by atoms with E-state index >= 15 is 0 Å². The maximum atomic E-state index is 13.8. The van der Waals surface area contributed by atoms with Crippen molar-refractivity contribution < 1.29 is 27.5 Å². The van der Waals surface area contributed by atoms with Crippen molar-refractivity contribution in [1.82, 2.24) is 9.62 Å². The van der Waals surface area contributed by atoms with Gasteiger partial charge in [-0.15, -0.1) is 0 Å². The maximum Gasteiger partial charge on any atom is 0.262 e. The Bertz CT molecular complexity index is 1510. The lowest BCUT2D eigenvalue weighted by molar-refractivity contribution is -0.129. The average Bonchev–Trinajstić information content (AvgIpc) is 3.00. The van der Waals surface area contributed by atoms with E-state index in [9.17, 15) is 18.0 Å². The Morgan fingerprint density at radius 2 is 1.73 bits per heavy atom. The van der Waals surface area contributed by atoms with Gasteiger partial charge in [0.25, 0.3) is 5.91 Å². The molecule has 1 atom stereocenters.